The van der Waals surface area contributed by atoms with Crippen LogP contribution in [0.1, 0.15) is 65.1 Å². The number of aryl methyl sites for hydroxylation is 1. The SMILES string of the molecule is Cc1cc(NC(=O)[C@@H]2[C@@H]3C(=O)N(CCC(C)C)[C@H](C(=O)NC4CCCCC4)[C@@]34C=C[C@]2(C)O4)no1. The van der Waals surface area contributed by atoms with Crippen LogP contribution in [-0.4, -0.2) is 57.6 Å². The van der Waals surface area contributed by atoms with Gasteiger partial charge in [0.05, 0.1) is 17.4 Å². The monoisotopic (exact) mass is 484 g/mol. The predicted molar refractivity (Wildman–Crippen MR) is 128 cm³/mol. The molecular formula is C26H36N4O5. The van der Waals surface area contributed by atoms with Gasteiger partial charge in [0.25, 0.3) is 0 Å². The van der Waals surface area contributed by atoms with Crippen molar-refractivity contribution >= 4 is 23.5 Å². The number of hydrogen-bond donors (Lipinski definition) is 2. The fourth-order valence-electron chi connectivity index (χ4n) is 6.42. The zero-order valence-electron chi connectivity index (χ0n) is 21.0. The molecule has 5 rings (SSSR count). The lowest BCUT2D eigenvalue weighted by molar-refractivity contribution is -0.144. The topological polar surface area (TPSA) is 114 Å². The van der Waals surface area contributed by atoms with E-state index in [-0.39, 0.29) is 23.8 Å². The number of carbonyl (C=O) groups is 3. The van der Waals surface area contributed by atoms with E-state index in [0.29, 0.717) is 24.0 Å². The van der Waals surface area contributed by atoms with E-state index in [2.05, 4.69) is 29.6 Å². The van der Waals surface area contributed by atoms with E-state index in [1.165, 1.54) is 6.42 Å². The third-order valence-corrected chi connectivity index (χ3v) is 8.11. The molecule has 190 valence electrons. The molecule has 1 spiro atoms. The number of nitrogens with zero attached hydrogens (tertiary/aromatic N) is 2. The maximum atomic E-state index is 13.9. The summed E-state index contributed by atoms with van der Waals surface area (Å²) in [5.74, 6) is -1.07. The fraction of sp³-hybridized carbons (Fsp3) is 0.692. The Labute approximate surface area is 206 Å². The van der Waals surface area contributed by atoms with Gasteiger partial charge in [-0.3, -0.25) is 14.4 Å². The molecule has 1 aromatic heterocycles. The lowest BCUT2D eigenvalue weighted by atomic mass is 9.70. The quantitative estimate of drug-likeness (QED) is 0.575. The minimum atomic E-state index is -1.16. The highest BCUT2D eigenvalue weighted by atomic mass is 16.5. The Morgan fingerprint density at radius 2 is 1.94 bits per heavy atom. The van der Waals surface area contributed by atoms with E-state index in [9.17, 15) is 14.4 Å². The Hall–Kier alpha value is -2.68. The number of carbonyl (C=O) groups excluding carboxylic acids is 3. The Bertz CT molecular complexity index is 1040. The van der Waals surface area contributed by atoms with Crippen LogP contribution in [0.3, 0.4) is 0 Å². The van der Waals surface area contributed by atoms with E-state index in [1.807, 2.05) is 19.1 Å². The summed E-state index contributed by atoms with van der Waals surface area (Å²) in [5, 5.41) is 9.87. The van der Waals surface area contributed by atoms with Crippen LogP contribution in [0.15, 0.2) is 22.7 Å². The second-order valence-corrected chi connectivity index (χ2v) is 11.2. The van der Waals surface area contributed by atoms with Gasteiger partial charge in [-0.15, -0.1) is 0 Å². The zero-order valence-corrected chi connectivity index (χ0v) is 21.0. The smallest absolute Gasteiger partial charge is 0.246 e. The van der Waals surface area contributed by atoms with Crippen LogP contribution < -0.4 is 10.6 Å². The second-order valence-electron chi connectivity index (χ2n) is 11.2. The number of nitrogens with one attached hydrogen (secondary N) is 2. The summed E-state index contributed by atoms with van der Waals surface area (Å²) < 4.78 is 11.6. The Balaban J connectivity index is 1.46. The van der Waals surface area contributed by atoms with Crippen molar-refractivity contribution in [2.45, 2.75) is 89.5 Å². The molecule has 3 amide bonds. The second kappa shape index (κ2) is 8.76. The van der Waals surface area contributed by atoms with Gasteiger partial charge >= 0.3 is 0 Å². The molecule has 9 nitrogen and oxygen atoms in total. The highest BCUT2D eigenvalue weighted by Crippen LogP contribution is 2.59. The number of aromatic nitrogens is 1. The molecule has 9 heteroatoms. The van der Waals surface area contributed by atoms with Crippen LogP contribution in [-0.2, 0) is 19.1 Å². The van der Waals surface area contributed by atoms with Gasteiger partial charge in [0.1, 0.15) is 17.4 Å². The first-order valence-corrected chi connectivity index (χ1v) is 12.9. The van der Waals surface area contributed by atoms with Crippen LogP contribution in [0.5, 0.6) is 0 Å². The average Bonchev–Trinajstić information content (AvgIpc) is 3.50. The van der Waals surface area contributed by atoms with Crippen molar-refractivity contribution < 1.29 is 23.6 Å². The summed E-state index contributed by atoms with van der Waals surface area (Å²) >= 11 is 0. The minimum Gasteiger partial charge on any atom is -0.360 e. The van der Waals surface area contributed by atoms with E-state index in [1.54, 1.807) is 17.9 Å². The molecule has 4 heterocycles. The van der Waals surface area contributed by atoms with Gasteiger partial charge in [-0.2, -0.15) is 0 Å². The van der Waals surface area contributed by atoms with Crippen LogP contribution in [0, 0.1) is 24.7 Å². The van der Waals surface area contributed by atoms with Crippen molar-refractivity contribution in [2.75, 3.05) is 11.9 Å². The first kappa shape index (κ1) is 24.0. The molecule has 2 saturated heterocycles. The highest BCUT2D eigenvalue weighted by Gasteiger charge is 2.76. The molecule has 1 aromatic rings. The molecule has 0 radical (unpaired) electrons. The first-order chi connectivity index (χ1) is 16.6. The van der Waals surface area contributed by atoms with Crippen LogP contribution in [0.25, 0.3) is 0 Å². The lowest BCUT2D eigenvalue weighted by Crippen LogP contribution is -2.56. The van der Waals surface area contributed by atoms with Gasteiger partial charge in [0.15, 0.2) is 5.82 Å². The number of amides is 3. The van der Waals surface area contributed by atoms with Crippen molar-refractivity contribution in [3.8, 4) is 0 Å². The average molecular weight is 485 g/mol. The zero-order chi connectivity index (χ0) is 25.0. The summed E-state index contributed by atoms with van der Waals surface area (Å²) in [6.07, 6.45) is 9.75. The normalized spacial score (nSPS) is 34.0. The number of hydrogen-bond acceptors (Lipinski definition) is 6. The van der Waals surface area contributed by atoms with Gasteiger partial charge in [-0.25, -0.2) is 0 Å². The molecular weight excluding hydrogens is 448 g/mol. The minimum absolute atomic E-state index is 0.112. The van der Waals surface area contributed by atoms with Crippen molar-refractivity contribution in [1.29, 1.82) is 0 Å². The number of ether oxygens (including phenoxy) is 1. The standard InChI is InChI=1S/C26H36N4O5/c1-15(2)10-13-30-21(23(32)27-17-8-6-5-7-9-17)26-12-11-25(4,35-26)19(20(26)24(30)33)22(31)28-18-14-16(3)34-29-18/h11-12,14-15,17,19-21H,5-10,13H2,1-4H3,(H,27,32)(H,28,29,31)/t19-,20+,21+,25-,26+/m0/s1. The number of anilines is 1. The molecule has 0 unspecified atom stereocenters. The Morgan fingerprint density at radius 3 is 2.60 bits per heavy atom. The molecule has 3 fully saturated rings. The summed E-state index contributed by atoms with van der Waals surface area (Å²) in [6, 6.07) is 0.943. The van der Waals surface area contributed by atoms with Crippen molar-refractivity contribution in [3.05, 3.63) is 24.0 Å². The summed E-state index contributed by atoms with van der Waals surface area (Å²) in [4.78, 5) is 42.9. The maximum absolute atomic E-state index is 13.9. The van der Waals surface area contributed by atoms with E-state index < -0.39 is 29.1 Å². The maximum Gasteiger partial charge on any atom is 0.246 e. The molecule has 2 N–H and O–H groups in total. The molecule has 5 atom stereocenters. The van der Waals surface area contributed by atoms with E-state index >= 15 is 0 Å². The third-order valence-electron chi connectivity index (χ3n) is 8.11. The van der Waals surface area contributed by atoms with Crippen LogP contribution in [0.4, 0.5) is 5.82 Å². The Morgan fingerprint density at radius 1 is 1.20 bits per heavy atom. The number of rotatable bonds is 7. The van der Waals surface area contributed by atoms with E-state index in [4.69, 9.17) is 9.26 Å². The Kier molecular flexibility index (Phi) is 6.02. The van der Waals surface area contributed by atoms with E-state index in [0.717, 1.165) is 32.1 Å². The summed E-state index contributed by atoms with van der Waals surface area (Å²) in [6.45, 7) is 8.19. The van der Waals surface area contributed by atoms with Crippen molar-refractivity contribution in [2.24, 2.45) is 17.8 Å². The fourth-order valence-corrected chi connectivity index (χ4v) is 6.42. The van der Waals surface area contributed by atoms with Gasteiger partial charge in [0.2, 0.25) is 17.7 Å². The predicted octanol–water partition coefficient (Wildman–Crippen LogP) is 2.96. The summed E-state index contributed by atoms with van der Waals surface area (Å²) in [7, 11) is 0. The molecule has 1 saturated carbocycles. The van der Waals surface area contributed by atoms with Crippen molar-refractivity contribution in [3.63, 3.8) is 0 Å². The largest absolute Gasteiger partial charge is 0.360 e. The van der Waals surface area contributed by atoms with Crippen LogP contribution >= 0.6 is 0 Å². The molecule has 0 aromatic carbocycles. The third kappa shape index (κ3) is 3.97. The first-order valence-electron chi connectivity index (χ1n) is 12.9. The van der Waals surface area contributed by atoms with Gasteiger partial charge < -0.3 is 24.8 Å². The highest BCUT2D eigenvalue weighted by molar-refractivity contribution is 6.03. The van der Waals surface area contributed by atoms with Gasteiger partial charge in [-0.1, -0.05) is 50.4 Å². The van der Waals surface area contributed by atoms with Crippen molar-refractivity contribution in [1.82, 2.24) is 15.4 Å². The molecule has 1 aliphatic carbocycles. The molecule has 2 bridgehead atoms. The van der Waals surface area contributed by atoms with Crippen LogP contribution in [0.2, 0.25) is 0 Å². The molecule has 3 aliphatic heterocycles. The number of fused-ring (bicyclic) bond motifs is 1. The lowest BCUT2D eigenvalue weighted by Gasteiger charge is -2.35. The summed E-state index contributed by atoms with van der Waals surface area (Å²) in [5.41, 5.74) is -2.15. The molecule has 35 heavy (non-hydrogen) atoms. The molecule has 4 aliphatic rings. The number of likely N-dealkylation sites (tertiary alicyclic amines) is 1. The van der Waals surface area contributed by atoms with Gasteiger partial charge in [-0.05, 0) is 39.0 Å². The van der Waals surface area contributed by atoms with Gasteiger partial charge in [0, 0.05) is 18.7 Å².